The van der Waals surface area contributed by atoms with E-state index in [1.54, 1.807) is 6.21 Å². The molecule has 0 heterocycles. The molecule has 5 nitrogen and oxygen atoms in total. The summed E-state index contributed by atoms with van der Waals surface area (Å²) in [6.45, 7) is 4.55. The van der Waals surface area contributed by atoms with E-state index in [1.807, 2.05) is 55.5 Å². The van der Waals surface area contributed by atoms with Gasteiger partial charge in [-0.15, -0.1) is 0 Å². The van der Waals surface area contributed by atoms with Gasteiger partial charge in [0.1, 0.15) is 11.5 Å². The molecule has 1 N–H and O–H groups in total. The van der Waals surface area contributed by atoms with Gasteiger partial charge in [0.25, 0.3) is 5.91 Å². The summed E-state index contributed by atoms with van der Waals surface area (Å²) in [6, 6.07) is 15.3. The Kier molecular flexibility index (Phi) is 7.50. The molecular formula is C20H24N2O3. The lowest BCUT2D eigenvalue weighted by molar-refractivity contribution is -0.123. The number of hydrogen-bond acceptors (Lipinski definition) is 4. The van der Waals surface area contributed by atoms with Gasteiger partial charge in [-0.25, -0.2) is 5.43 Å². The Morgan fingerprint density at radius 3 is 2.56 bits per heavy atom. The molecule has 0 aliphatic rings. The number of nitrogens with zero attached hydrogens (tertiary/aromatic N) is 1. The second-order valence-electron chi connectivity index (χ2n) is 5.45. The first-order chi connectivity index (χ1) is 12.2. The average Bonchev–Trinajstić information content (AvgIpc) is 2.63. The van der Waals surface area contributed by atoms with E-state index >= 15 is 0 Å². The number of carbonyl (C=O) groups is 1. The lowest BCUT2D eigenvalue weighted by Crippen LogP contribution is -2.24. The van der Waals surface area contributed by atoms with E-state index in [-0.39, 0.29) is 12.5 Å². The third kappa shape index (κ3) is 6.30. The molecule has 0 bridgehead atoms. The number of amides is 1. The monoisotopic (exact) mass is 340 g/mol. The van der Waals surface area contributed by atoms with Gasteiger partial charge in [-0.3, -0.25) is 4.79 Å². The second kappa shape index (κ2) is 10.1. The highest BCUT2D eigenvalue weighted by Gasteiger charge is 2.03. The molecule has 0 radical (unpaired) electrons. The number of hydrogen-bond donors (Lipinski definition) is 1. The standard InChI is InChI=1S/C20H24N2O3/c1-3-7-16-10-12-18(13-11-16)25-15-20(23)22-21-14-17-8-5-6-9-19(17)24-4-2/h5-6,8-14H,3-4,7,15H2,1-2H3,(H,22,23)/b21-14+. The summed E-state index contributed by atoms with van der Waals surface area (Å²) in [5.74, 6) is 1.08. The van der Waals surface area contributed by atoms with E-state index in [4.69, 9.17) is 9.47 Å². The van der Waals surface area contributed by atoms with Crippen LogP contribution < -0.4 is 14.9 Å². The smallest absolute Gasteiger partial charge is 0.277 e. The molecule has 0 fully saturated rings. The summed E-state index contributed by atoms with van der Waals surface area (Å²) in [5, 5.41) is 3.95. The molecule has 0 aromatic heterocycles. The van der Waals surface area contributed by atoms with E-state index in [0.717, 1.165) is 24.2 Å². The third-order valence-corrected chi connectivity index (χ3v) is 3.44. The molecule has 2 aromatic rings. The molecule has 0 aliphatic carbocycles. The van der Waals surface area contributed by atoms with Gasteiger partial charge in [0, 0.05) is 5.56 Å². The van der Waals surface area contributed by atoms with Crippen molar-refractivity contribution in [1.82, 2.24) is 5.43 Å². The first-order valence-electron chi connectivity index (χ1n) is 8.48. The van der Waals surface area contributed by atoms with Crippen LogP contribution in [0.3, 0.4) is 0 Å². The molecule has 2 aromatic carbocycles. The normalized spacial score (nSPS) is 10.6. The van der Waals surface area contributed by atoms with Crippen LogP contribution in [-0.2, 0) is 11.2 Å². The maximum atomic E-state index is 11.8. The zero-order valence-corrected chi connectivity index (χ0v) is 14.7. The summed E-state index contributed by atoms with van der Waals surface area (Å²) < 4.78 is 11.0. The van der Waals surface area contributed by atoms with Crippen molar-refractivity contribution in [2.24, 2.45) is 5.10 Å². The Morgan fingerprint density at radius 1 is 1.08 bits per heavy atom. The van der Waals surface area contributed by atoms with Crippen LogP contribution in [0.1, 0.15) is 31.4 Å². The van der Waals surface area contributed by atoms with Crippen LogP contribution in [-0.4, -0.2) is 25.3 Å². The number of rotatable bonds is 9. The summed E-state index contributed by atoms with van der Waals surface area (Å²) >= 11 is 0. The fraction of sp³-hybridized carbons (Fsp3) is 0.300. The topological polar surface area (TPSA) is 59.9 Å². The number of ether oxygens (including phenoxy) is 2. The Balaban J connectivity index is 1.80. The van der Waals surface area contributed by atoms with Crippen LogP contribution in [0.2, 0.25) is 0 Å². The maximum Gasteiger partial charge on any atom is 0.277 e. The van der Waals surface area contributed by atoms with Gasteiger partial charge < -0.3 is 9.47 Å². The van der Waals surface area contributed by atoms with Crippen molar-refractivity contribution in [1.29, 1.82) is 0 Å². The molecule has 5 heteroatoms. The molecule has 0 saturated carbocycles. The van der Waals surface area contributed by atoms with Crippen molar-refractivity contribution >= 4 is 12.1 Å². The highest BCUT2D eigenvalue weighted by Crippen LogP contribution is 2.15. The molecule has 1 amide bonds. The van der Waals surface area contributed by atoms with Crippen LogP contribution in [0.25, 0.3) is 0 Å². The molecule has 132 valence electrons. The molecule has 0 spiro atoms. The van der Waals surface area contributed by atoms with Gasteiger partial charge in [0.15, 0.2) is 6.61 Å². The first kappa shape index (κ1) is 18.5. The van der Waals surface area contributed by atoms with Crippen LogP contribution >= 0.6 is 0 Å². The molecule has 2 rings (SSSR count). The summed E-state index contributed by atoms with van der Waals surface area (Å²) in [6.07, 6.45) is 3.70. The minimum absolute atomic E-state index is 0.0857. The lowest BCUT2D eigenvalue weighted by Gasteiger charge is -2.07. The summed E-state index contributed by atoms with van der Waals surface area (Å²) in [4.78, 5) is 11.8. The largest absolute Gasteiger partial charge is 0.493 e. The predicted octanol–water partition coefficient (Wildman–Crippen LogP) is 3.57. The highest BCUT2D eigenvalue weighted by molar-refractivity contribution is 5.85. The minimum Gasteiger partial charge on any atom is -0.493 e. The quantitative estimate of drug-likeness (QED) is 0.561. The molecule has 0 saturated heterocycles. The fourth-order valence-corrected chi connectivity index (χ4v) is 2.27. The maximum absolute atomic E-state index is 11.8. The SMILES string of the molecule is CCCc1ccc(OCC(=O)N/N=C/c2ccccc2OCC)cc1. The van der Waals surface area contributed by atoms with Gasteiger partial charge in [0.05, 0.1) is 12.8 Å². The number of aryl methyl sites for hydroxylation is 1. The number of nitrogens with one attached hydrogen (secondary N) is 1. The zero-order chi connectivity index (χ0) is 17.9. The third-order valence-electron chi connectivity index (χ3n) is 3.44. The van der Waals surface area contributed by atoms with Crippen LogP contribution in [0.4, 0.5) is 0 Å². The Morgan fingerprint density at radius 2 is 1.84 bits per heavy atom. The zero-order valence-electron chi connectivity index (χ0n) is 14.7. The Labute approximate surface area is 148 Å². The highest BCUT2D eigenvalue weighted by atomic mass is 16.5. The van der Waals surface area contributed by atoms with Gasteiger partial charge in [-0.1, -0.05) is 37.6 Å². The Bertz CT molecular complexity index is 696. The Hall–Kier alpha value is -2.82. The fourth-order valence-electron chi connectivity index (χ4n) is 2.27. The van der Waals surface area contributed by atoms with Crippen molar-refractivity contribution in [3.8, 4) is 11.5 Å². The van der Waals surface area contributed by atoms with Crippen molar-refractivity contribution in [2.75, 3.05) is 13.2 Å². The van der Waals surface area contributed by atoms with Gasteiger partial charge in [-0.2, -0.15) is 5.10 Å². The van der Waals surface area contributed by atoms with E-state index in [2.05, 4.69) is 17.5 Å². The molecular weight excluding hydrogens is 316 g/mol. The first-order valence-corrected chi connectivity index (χ1v) is 8.48. The molecule has 0 aliphatic heterocycles. The number of benzene rings is 2. The van der Waals surface area contributed by atoms with Crippen molar-refractivity contribution < 1.29 is 14.3 Å². The van der Waals surface area contributed by atoms with Crippen molar-refractivity contribution in [3.05, 3.63) is 59.7 Å². The molecule has 0 unspecified atom stereocenters. The van der Waals surface area contributed by atoms with Crippen LogP contribution in [0.15, 0.2) is 53.6 Å². The van der Waals surface area contributed by atoms with Gasteiger partial charge in [-0.05, 0) is 43.2 Å². The lowest BCUT2D eigenvalue weighted by atomic mass is 10.1. The minimum atomic E-state index is -0.317. The van der Waals surface area contributed by atoms with Crippen molar-refractivity contribution in [2.45, 2.75) is 26.7 Å². The predicted molar refractivity (Wildman–Crippen MR) is 99.3 cm³/mol. The van der Waals surface area contributed by atoms with E-state index in [0.29, 0.717) is 12.4 Å². The number of hydrazone groups is 1. The average molecular weight is 340 g/mol. The van der Waals surface area contributed by atoms with E-state index in [1.165, 1.54) is 5.56 Å². The van der Waals surface area contributed by atoms with Gasteiger partial charge >= 0.3 is 0 Å². The van der Waals surface area contributed by atoms with Crippen LogP contribution in [0, 0.1) is 0 Å². The second-order valence-corrected chi connectivity index (χ2v) is 5.45. The molecule has 0 atom stereocenters. The number of carbonyl (C=O) groups excluding carboxylic acids is 1. The van der Waals surface area contributed by atoms with Gasteiger partial charge in [0.2, 0.25) is 0 Å². The van der Waals surface area contributed by atoms with E-state index < -0.39 is 0 Å². The van der Waals surface area contributed by atoms with Crippen LogP contribution in [0.5, 0.6) is 11.5 Å². The summed E-state index contributed by atoms with van der Waals surface area (Å²) in [7, 11) is 0. The summed E-state index contributed by atoms with van der Waals surface area (Å²) in [5.41, 5.74) is 4.52. The van der Waals surface area contributed by atoms with Crippen molar-refractivity contribution in [3.63, 3.8) is 0 Å². The number of para-hydroxylation sites is 1. The molecule has 25 heavy (non-hydrogen) atoms. The van der Waals surface area contributed by atoms with E-state index in [9.17, 15) is 4.79 Å².